The number of esters is 1. The van der Waals surface area contributed by atoms with Gasteiger partial charge < -0.3 is 9.47 Å². The van der Waals surface area contributed by atoms with Gasteiger partial charge in [-0.3, -0.25) is 0 Å². The SMILES string of the molecule is COC(=O)c1sccc1S(=O)(=O)N1CC(Oc2nc3c(C(F)(F)F)cccc3s2)C1. The number of sulfonamides is 1. The molecule has 1 aliphatic heterocycles. The average molecular weight is 478 g/mol. The van der Waals surface area contributed by atoms with Crippen molar-refractivity contribution < 1.29 is 35.9 Å². The van der Waals surface area contributed by atoms with Gasteiger partial charge in [0, 0.05) is 0 Å². The number of alkyl halides is 3. The van der Waals surface area contributed by atoms with Gasteiger partial charge in [-0.1, -0.05) is 17.4 Å². The largest absolute Gasteiger partial charge is 0.465 e. The van der Waals surface area contributed by atoms with Crippen LogP contribution in [0.1, 0.15) is 15.2 Å². The van der Waals surface area contributed by atoms with Crippen molar-refractivity contribution in [1.29, 1.82) is 0 Å². The minimum absolute atomic E-state index is 0.0130. The van der Waals surface area contributed by atoms with Gasteiger partial charge in [0.25, 0.3) is 5.19 Å². The molecule has 7 nitrogen and oxygen atoms in total. The molecular weight excluding hydrogens is 465 g/mol. The van der Waals surface area contributed by atoms with E-state index in [2.05, 4.69) is 9.72 Å². The zero-order valence-electron chi connectivity index (χ0n) is 15.2. The van der Waals surface area contributed by atoms with Crippen molar-refractivity contribution in [3.05, 3.63) is 40.1 Å². The summed E-state index contributed by atoms with van der Waals surface area (Å²) in [5.74, 6) is -0.744. The summed E-state index contributed by atoms with van der Waals surface area (Å²) in [6.07, 6.45) is -5.10. The van der Waals surface area contributed by atoms with Gasteiger partial charge in [0.15, 0.2) is 0 Å². The number of nitrogens with zero attached hydrogens (tertiary/aromatic N) is 2. The Morgan fingerprint density at radius 1 is 1.27 bits per heavy atom. The first-order valence-electron chi connectivity index (χ1n) is 8.40. The van der Waals surface area contributed by atoms with Crippen molar-refractivity contribution in [1.82, 2.24) is 9.29 Å². The number of thiophene rings is 1. The molecule has 0 radical (unpaired) electrons. The lowest BCUT2D eigenvalue weighted by Gasteiger charge is -2.37. The van der Waals surface area contributed by atoms with Crippen molar-refractivity contribution in [3.8, 4) is 5.19 Å². The lowest BCUT2D eigenvalue weighted by atomic mass is 10.2. The molecule has 0 spiro atoms. The maximum atomic E-state index is 13.1. The Morgan fingerprint density at radius 3 is 2.67 bits per heavy atom. The van der Waals surface area contributed by atoms with Gasteiger partial charge in [-0.2, -0.15) is 17.5 Å². The number of fused-ring (bicyclic) bond motifs is 1. The molecule has 1 fully saturated rings. The van der Waals surface area contributed by atoms with Crippen LogP contribution in [0, 0.1) is 0 Å². The average Bonchev–Trinajstić information content (AvgIpc) is 3.29. The van der Waals surface area contributed by atoms with Gasteiger partial charge in [0.2, 0.25) is 10.0 Å². The summed E-state index contributed by atoms with van der Waals surface area (Å²) < 4.78 is 76.5. The Hall–Kier alpha value is -2.22. The maximum Gasteiger partial charge on any atom is 0.418 e. The van der Waals surface area contributed by atoms with E-state index in [1.54, 1.807) is 0 Å². The van der Waals surface area contributed by atoms with Crippen LogP contribution in [0.15, 0.2) is 34.5 Å². The number of hydrogen-bond donors (Lipinski definition) is 0. The Kier molecular flexibility index (Phi) is 5.24. The normalized spacial score (nSPS) is 15.9. The number of para-hydroxylation sites is 1. The molecule has 1 saturated heterocycles. The van der Waals surface area contributed by atoms with Gasteiger partial charge in [-0.15, -0.1) is 11.3 Å². The quantitative estimate of drug-likeness (QED) is 0.521. The molecule has 30 heavy (non-hydrogen) atoms. The maximum absolute atomic E-state index is 13.1. The van der Waals surface area contributed by atoms with Crippen molar-refractivity contribution in [2.24, 2.45) is 0 Å². The smallest absolute Gasteiger partial charge is 0.418 e. The molecule has 0 bridgehead atoms. The number of hydrogen-bond acceptors (Lipinski definition) is 8. The third-order valence-electron chi connectivity index (χ3n) is 4.40. The fourth-order valence-electron chi connectivity index (χ4n) is 2.90. The first-order chi connectivity index (χ1) is 14.1. The number of carbonyl (C=O) groups is 1. The number of halogens is 3. The predicted octanol–water partition coefficient (Wildman–Crippen LogP) is 3.62. The number of methoxy groups -OCH3 is 1. The first-order valence-corrected chi connectivity index (χ1v) is 11.5. The number of aromatic nitrogens is 1. The fourth-order valence-corrected chi connectivity index (χ4v) is 6.62. The molecule has 160 valence electrons. The second-order valence-corrected chi connectivity index (χ2v) is 10.1. The molecule has 0 unspecified atom stereocenters. The van der Waals surface area contributed by atoms with Gasteiger partial charge in [0.05, 0.1) is 36.0 Å². The van der Waals surface area contributed by atoms with Crippen LogP contribution in [0.25, 0.3) is 10.2 Å². The molecular formula is C17H13F3N2O5S3. The molecule has 0 saturated carbocycles. The lowest BCUT2D eigenvalue weighted by Crippen LogP contribution is -2.56. The topological polar surface area (TPSA) is 85.8 Å². The standard InChI is InChI=1S/C17H13F3N2O5S3/c1-26-15(23)14-12(5-6-28-14)30(24,25)22-7-9(8-22)27-16-21-13-10(17(18,19)20)3-2-4-11(13)29-16/h2-6,9H,7-8H2,1H3. The van der Waals surface area contributed by atoms with E-state index in [-0.39, 0.29) is 33.6 Å². The summed E-state index contributed by atoms with van der Waals surface area (Å²) in [7, 11) is -2.76. The molecule has 1 aliphatic rings. The number of ether oxygens (including phenoxy) is 2. The molecule has 0 aliphatic carbocycles. The van der Waals surface area contributed by atoms with Crippen molar-refractivity contribution in [2.75, 3.05) is 20.2 Å². The van der Waals surface area contributed by atoms with Crippen LogP contribution < -0.4 is 4.74 Å². The molecule has 13 heteroatoms. The second kappa shape index (κ2) is 7.48. The number of benzene rings is 1. The number of thiazole rings is 1. The van der Waals surface area contributed by atoms with Crippen LogP contribution in [0.5, 0.6) is 5.19 Å². The van der Waals surface area contributed by atoms with Crippen molar-refractivity contribution in [3.63, 3.8) is 0 Å². The molecule has 3 heterocycles. The van der Waals surface area contributed by atoms with E-state index < -0.39 is 33.8 Å². The third-order valence-corrected chi connectivity index (χ3v) is 8.21. The Balaban J connectivity index is 1.48. The Morgan fingerprint density at radius 2 is 2.00 bits per heavy atom. The van der Waals surface area contributed by atoms with Gasteiger partial charge in [0.1, 0.15) is 15.9 Å². The minimum atomic E-state index is -4.54. The highest BCUT2D eigenvalue weighted by molar-refractivity contribution is 7.89. The molecule has 4 rings (SSSR count). The van der Waals surface area contributed by atoms with E-state index >= 15 is 0 Å². The summed E-state index contributed by atoms with van der Waals surface area (Å²) >= 11 is 1.92. The predicted molar refractivity (Wildman–Crippen MR) is 103 cm³/mol. The van der Waals surface area contributed by atoms with Crippen LogP contribution in [0.3, 0.4) is 0 Å². The van der Waals surface area contributed by atoms with Crippen LogP contribution >= 0.6 is 22.7 Å². The summed E-state index contributed by atoms with van der Waals surface area (Å²) in [6, 6.07) is 5.08. The fraction of sp³-hybridized carbons (Fsp3) is 0.294. The van der Waals surface area contributed by atoms with Gasteiger partial charge in [-0.05, 0) is 23.6 Å². The molecule has 0 N–H and O–H groups in total. The molecule has 0 amide bonds. The van der Waals surface area contributed by atoms with Gasteiger partial charge >= 0.3 is 12.1 Å². The van der Waals surface area contributed by atoms with E-state index in [0.29, 0.717) is 4.70 Å². The summed E-state index contributed by atoms with van der Waals surface area (Å²) in [5, 5.41) is 1.52. The molecule has 3 aromatic rings. The highest BCUT2D eigenvalue weighted by Crippen LogP contribution is 2.39. The number of carbonyl (C=O) groups excluding carboxylic acids is 1. The Labute approximate surface area is 176 Å². The summed E-state index contributed by atoms with van der Waals surface area (Å²) in [6.45, 7) is -0.0261. The van der Waals surface area contributed by atoms with E-state index in [0.717, 1.165) is 40.2 Å². The highest BCUT2D eigenvalue weighted by atomic mass is 32.2. The van der Waals surface area contributed by atoms with Crippen molar-refractivity contribution >= 4 is 48.9 Å². The zero-order valence-corrected chi connectivity index (χ0v) is 17.6. The monoisotopic (exact) mass is 478 g/mol. The van der Waals surface area contributed by atoms with E-state index in [9.17, 15) is 26.4 Å². The lowest BCUT2D eigenvalue weighted by molar-refractivity contribution is -0.136. The molecule has 1 aromatic carbocycles. The van der Waals surface area contributed by atoms with E-state index in [1.807, 2.05) is 0 Å². The summed E-state index contributed by atoms with van der Waals surface area (Å²) in [5.41, 5.74) is -1.05. The van der Waals surface area contributed by atoms with Crippen LogP contribution in [0.2, 0.25) is 0 Å². The zero-order chi connectivity index (χ0) is 21.7. The van der Waals surface area contributed by atoms with Crippen LogP contribution in [-0.4, -0.2) is 50.0 Å². The second-order valence-electron chi connectivity index (χ2n) is 6.30. The van der Waals surface area contributed by atoms with Crippen LogP contribution in [0.4, 0.5) is 13.2 Å². The third kappa shape index (κ3) is 3.66. The number of rotatable bonds is 5. The first kappa shape index (κ1) is 21.0. The van der Waals surface area contributed by atoms with Gasteiger partial charge in [-0.25, -0.2) is 18.2 Å². The van der Waals surface area contributed by atoms with E-state index in [1.165, 1.54) is 23.6 Å². The highest BCUT2D eigenvalue weighted by Gasteiger charge is 2.41. The van der Waals surface area contributed by atoms with E-state index in [4.69, 9.17) is 4.74 Å². The minimum Gasteiger partial charge on any atom is -0.465 e. The van der Waals surface area contributed by atoms with Crippen LogP contribution in [-0.2, 0) is 20.9 Å². The molecule has 0 atom stereocenters. The Bertz CT molecular complexity index is 1210. The van der Waals surface area contributed by atoms with Crippen molar-refractivity contribution in [2.45, 2.75) is 17.2 Å². The summed E-state index contributed by atoms with van der Waals surface area (Å²) in [4.78, 5) is 15.5. The molecule has 2 aromatic heterocycles.